The smallest absolute Gasteiger partial charge is 0.374 e. The van der Waals surface area contributed by atoms with Gasteiger partial charge in [0.05, 0.1) is 13.4 Å². The molecule has 1 rings (SSSR count). The molecule has 0 saturated carbocycles. The van der Waals surface area contributed by atoms with Crippen molar-refractivity contribution in [1.82, 2.24) is 0 Å². The first-order valence-electron chi connectivity index (χ1n) is 3.29. The first-order valence-corrected chi connectivity index (χ1v) is 3.29. The summed E-state index contributed by atoms with van der Waals surface area (Å²) in [4.78, 5) is 10.9. The normalized spacial score (nSPS) is 9.73. The molecule has 3 nitrogen and oxygen atoms in total. The molecule has 11 heavy (non-hydrogen) atoms. The number of ether oxygens (including phenoxy) is 1. The summed E-state index contributed by atoms with van der Waals surface area (Å²) in [6.45, 7) is 3.70. The molecule has 0 bridgehead atoms. The van der Waals surface area contributed by atoms with Gasteiger partial charge in [0.15, 0.2) is 0 Å². The lowest BCUT2D eigenvalue weighted by Gasteiger charge is -1.94. The Morgan fingerprint density at radius 3 is 2.55 bits per heavy atom. The Morgan fingerprint density at radius 2 is 2.18 bits per heavy atom. The van der Waals surface area contributed by atoms with Crippen molar-refractivity contribution in [2.45, 2.75) is 13.8 Å². The van der Waals surface area contributed by atoms with Crippen LogP contribution in [0, 0.1) is 13.8 Å². The molecule has 0 radical (unpaired) electrons. The van der Waals surface area contributed by atoms with Gasteiger partial charge in [-0.2, -0.15) is 0 Å². The lowest BCUT2D eigenvalue weighted by atomic mass is 10.2. The van der Waals surface area contributed by atoms with Crippen molar-refractivity contribution in [1.29, 1.82) is 0 Å². The molecule has 0 aliphatic rings. The van der Waals surface area contributed by atoms with Crippen molar-refractivity contribution in [3.8, 4) is 0 Å². The van der Waals surface area contributed by atoms with Crippen LogP contribution in [0.3, 0.4) is 0 Å². The molecule has 0 amide bonds. The van der Waals surface area contributed by atoms with Crippen LogP contribution in [0.15, 0.2) is 10.7 Å². The number of carbonyl (C=O) groups excluding carboxylic acids is 1. The Labute approximate surface area is 65.0 Å². The molecule has 0 aliphatic carbocycles. The van der Waals surface area contributed by atoms with Crippen LogP contribution < -0.4 is 0 Å². The van der Waals surface area contributed by atoms with E-state index >= 15 is 0 Å². The minimum absolute atomic E-state index is 0.296. The second-order valence-electron chi connectivity index (χ2n) is 2.36. The largest absolute Gasteiger partial charge is 0.463 e. The van der Waals surface area contributed by atoms with E-state index in [1.165, 1.54) is 7.11 Å². The van der Waals surface area contributed by atoms with Gasteiger partial charge in [-0.05, 0) is 19.4 Å². The molecule has 1 heterocycles. The Hall–Kier alpha value is -1.25. The van der Waals surface area contributed by atoms with Crippen molar-refractivity contribution in [3.05, 3.63) is 23.2 Å². The first-order chi connectivity index (χ1) is 5.16. The van der Waals surface area contributed by atoms with E-state index in [4.69, 9.17) is 4.42 Å². The molecule has 3 heteroatoms. The highest BCUT2D eigenvalue weighted by atomic mass is 16.5. The fourth-order valence-corrected chi connectivity index (χ4v) is 0.797. The topological polar surface area (TPSA) is 39.4 Å². The van der Waals surface area contributed by atoms with E-state index in [1.807, 2.05) is 13.8 Å². The SMILES string of the molecule is COC(=O)c1occ(C)c1C. The predicted octanol–water partition coefficient (Wildman–Crippen LogP) is 1.68. The van der Waals surface area contributed by atoms with E-state index in [1.54, 1.807) is 6.26 Å². The van der Waals surface area contributed by atoms with Gasteiger partial charge in [-0.25, -0.2) is 4.79 Å². The Morgan fingerprint density at radius 1 is 1.55 bits per heavy atom. The van der Waals surface area contributed by atoms with E-state index in [-0.39, 0.29) is 0 Å². The molecule has 0 saturated heterocycles. The molecule has 1 aromatic heterocycles. The third-order valence-electron chi connectivity index (χ3n) is 1.66. The Kier molecular flexibility index (Phi) is 1.98. The average molecular weight is 154 g/mol. The third kappa shape index (κ3) is 1.27. The fourth-order valence-electron chi connectivity index (χ4n) is 0.797. The van der Waals surface area contributed by atoms with Gasteiger partial charge in [-0.15, -0.1) is 0 Å². The van der Waals surface area contributed by atoms with Gasteiger partial charge in [0, 0.05) is 5.56 Å². The zero-order chi connectivity index (χ0) is 8.43. The summed E-state index contributed by atoms with van der Waals surface area (Å²) in [6.07, 6.45) is 1.54. The average Bonchev–Trinajstić information content (AvgIpc) is 2.32. The van der Waals surface area contributed by atoms with Crippen LogP contribution in [-0.4, -0.2) is 13.1 Å². The highest BCUT2D eigenvalue weighted by molar-refractivity contribution is 5.88. The van der Waals surface area contributed by atoms with Gasteiger partial charge in [0.1, 0.15) is 0 Å². The predicted molar refractivity (Wildman–Crippen MR) is 39.5 cm³/mol. The third-order valence-corrected chi connectivity index (χ3v) is 1.66. The van der Waals surface area contributed by atoms with E-state index < -0.39 is 5.97 Å². The molecule has 1 aromatic rings. The van der Waals surface area contributed by atoms with Crippen molar-refractivity contribution in [3.63, 3.8) is 0 Å². The monoisotopic (exact) mass is 154 g/mol. The lowest BCUT2D eigenvalue weighted by Crippen LogP contribution is -2.00. The molecule has 0 fully saturated rings. The highest BCUT2D eigenvalue weighted by Crippen LogP contribution is 2.15. The number of aryl methyl sites for hydroxylation is 1. The summed E-state index contributed by atoms with van der Waals surface area (Å²) in [5.41, 5.74) is 1.81. The molecular weight excluding hydrogens is 144 g/mol. The number of esters is 1. The van der Waals surface area contributed by atoms with Crippen LogP contribution in [0.25, 0.3) is 0 Å². The van der Waals surface area contributed by atoms with Crippen LogP contribution in [0.4, 0.5) is 0 Å². The van der Waals surface area contributed by atoms with Crippen molar-refractivity contribution < 1.29 is 13.9 Å². The molecule has 0 aromatic carbocycles. The summed E-state index contributed by atoms with van der Waals surface area (Å²) >= 11 is 0. The van der Waals surface area contributed by atoms with Gasteiger partial charge in [0.2, 0.25) is 5.76 Å². The van der Waals surface area contributed by atoms with E-state index in [2.05, 4.69) is 4.74 Å². The van der Waals surface area contributed by atoms with E-state index in [0.29, 0.717) is 5.76 Å². The van der Waals surface area contributed by atoms with Crippen molar-refractivity contribution in [2.75, 3.05) is 7.11 Å². The number of methoxy groups -OCH3 is 1. The van der Waals surface area contributed by atoms with Crippen LogP contribution >= 0.6 is 0 Å². The van der Waals surface area contributed by atoms with Crippen molar-refractivity contribution >= 4 is 5.97 Å². The maximum absolute atomic E-state index is 10.9. The minimum Gasteiger partial charge on any atom is -0.463 e. The molecule has 0 aliphatic heterocycles. The van der Waals surface area contributed by atoms with Crippen LogP contribution in [0.2, 0.25) is 0 Å². The van der Waals surface area contributed by atoms with E-state index in [9.17, 15) is 4.79 Å². The van der Waals surface area contributed by atoms with Crippen LogP contribution in [0.5, 0.6) is 0 Å². The minimum atomic E-state index is -0.421. The number of carbonyl (C=O) groups is 1. The van der Waals surface area contributed by atoms with Crippen LogP contribution in [0.1, 0.15) is 21.7 Å². The van der Waals surface area contributed by atoms with Gasteiger partial charge < -0.3 is 9.15 Å². The Bertz CT molecular complexity index is 273. The van der Waals surface area contributed by atoms with Crippen LogP contribution in [-0.2, 0) is 4.74 Å². The molecule has 0 spiro atoms. The maximum atomic E-state index is 10.9. The van der Waals surface area contributed by atoms with E-state index in [0.717, 1.165) is 11.1 Å². The van der Waals surface area contributed by atoms with Gasteiger partial charge in [-0.1, -0.05) is 0 Å². The summed E-state index contributed by atoms with van der Waals surface area (Å²) < 4.78 is 9.47. The summed E-state index contributed by atoms with van der Waals surface area (Å²) in [6, 6.07) is 0. The number of furan rings is 1. The number of hydrogen-bond acceptors (Lipinski definition) is 3. The molecule has 0 unspecified atom stereocenters. The molecular formula is C8H10O3. The summed E-state index contributed by atoms with van der Waals surface area (Å²) in [5, 5.41) is 0. The van der Waals surface area contributed by atoms with Crippen molar-refractivity contribution in [2.24, 2.45) is 0 Å². The van der Waals surface area contributed by atoms with Gasteiger partial charge in [-0.3, -0.25) is 0 Å². The quantitative estimate of drug-likeness (QED) is 0.578. The Balaban J connectivity index is 3.04. The summed E-state index contributed by atoms with van der Waals surface area (Å²) in [7, 11) is 1.33. The summed E-state index contributed by atoms with van der Waals surface area (Å²) in [5.74, 6) is -0.124. The zero-order valence-corrected chi connectivity index (χ0v) is 6.80. The van der Waals surface area contributed by atoms with Gasteiger partial charge in [0.25, 0.3) is 0 Å². The highest BCUT2D eigenvalue weighted by Gasteiger charge is 2.14. The fraction of sp³-hybridized carbons (Fsp3) is 0.375. The second-order valence-corrected chi connectivity index (χ2v) is 2.36. The zero-order valence-electron chi connectivity index (χ0n) is 6.80. The first kappa shape index (κ1) is 7.85. The second kappa shape index (κ2) is 2.78. The maximum Gasteiger partial charge on any atom is 0.374 e. The lowest BCUT2D eigenvalue weighted by molar-refractivity contribution is 0.0564. The standard InChI is InChI=1S/C8H10O3/c1-5-4-11-7(6(5)2)8(9)10-3/h4H,1-3H3. The van der Waals surface area contributed by atoms with Gasteiger partial charge >= 0.3 is 5.97 Å². The molecule has 0 N–H and O–H groups in total. The number of rotatable bonds is 1. The molecule has 60 valence electrons. The number of hydrogen-bond donors (Lipinski definition) is 0. The molecule has 0 atom stereocenters.